The quantitative estimate of drug-likeness (QED) is 0.119. The van der Waals surface area contributed by atoms with Gasteiger partial charge in [0.2, 0.25) is 0 Å². The third-order valence-corrected chi connectivity index (χ3v) is 0. The normalized spacial score (nSPS) is 6.92. The molecule has 0 unspecified atom stereocenters. The Bertz CT molecular complexity index is 118. The van der Waals surface area contributed by atoms with E-state index in [4.69, 9.17) is 34.6 Å². The summed E-state index contributed by atoms with van der Waals surface area (Å²) in [5, 5.41) is 14.8. The van der Waals surface area contributed by atoms with Crippen molar-refractivity contribution in [2.24, 2.45) is 0 Å². The van der Waals surface area contributed by atoms with Crippen LogP contribution in [0.3, 0.4) is 0 Å². The summed E-state index contributed by atoms with van der Waals surface area (Å²) in [6.07, 6.45) is 0. The second-order valence-corrected chi connectivity index (χ2v) is 1.76. The molecule has 12 heavy (non-hydrogen) atoms. The molecular formula is H9KN3O7P. The number of rotatable bonds is 0. The fourth-order valence-electron chi connectivity index (χ4n) is 0. The van der Waals surface area contributed by atoms with Gasteiger partial charge in [-0.2, -0.15) is 0 Å². The first-order chi connectivity index (χ1) is 3.73. The topological polar surface area (TPSA) is 214 Å². The summed E-state index contributed by atoms with van der Waals surface area (Å²) in [5.41, 5.74) is 0. The molecule has 0 radical (unpaired) electrons. The summed E-state index contributed by atoms with van der Waals surface area (Å²) in [6.45, 7) is 0. The van der Waals surface area contributed by atoms with Crippen LogP contribution in [0.15, 0.2) is 0 Å². The Morgan fingerprint density at radius 2 is 1.08 bits per heavy atom. The van der Waals surface area contributed by atoms with Crippen molar-refractivity contribution in [1.29, 1.82) is 0 Å². The van der Waals surface area contributed by atoms with Gasteiger partial charge >= 0.3 is 59.2 Å². The standard InChI is InChI=1S/K.NO3.2H3N.H3O4P/c;2-1(3)4;;;1-5(2,3)4/h;;2*1H3;(H3,1,2,3,4)/q+1;-1;;;. The van der Waals surface area contributed by atoms with Gasteiger partial charge in [0.15, 0.2) is 0 Å². The Morgan fingerprint density at radius 3 is 1.08 bits per heavy atom. The maximum absolute atomic E-state index is 8.88. The van der Waals surface area contributed by atoms with Crippen LogP contribution in [0.2, 0.25) is 0 Å². The van der Waals surface area contributed by atoms with E-state index in [9.17, 15) is 0 Å². The molecule has 0 saturated heterocycles. The number of hydrogen-bond donors (Lipinski definition) is 5. The van der Waals surface area contributed by atoms with Crippen molar-refractivity contribution >= 4 is 7.82 Å². The molecule has 10 nitrogen and oxygen atoms in total. The zero-order valence-electron chi connectivity index (χ0n) is 6.28. The van der Waals surface area contributed by atoms with Crippen LogP contribution < -0.4 is 63.7 Å². The van der Waals surface area contributed by atoms with Crippen molar-refractivity contribution in [2.75, 3.05) is 0 Å². The van der Waals surface area contributed by atoms with Gasteiger partial charge in [0.25, 0.3) is 0 Å². The van der Waals surface area contributed by atoms with E-state index in [1.807, 2.05) is 0 Å². The van der Waals surface area contributed by atoms with Crippen LogP contribution in [-0.4, -0.2) is 19.8 Å². The first-order valence-corrected chi connectivity index (χ1v) is 2.90. The van der Waals surface area contributed by atoms with Gasteiger partial charge in [-0.3, -0.25) is 0 Å². The Morgan fingerprint density at radius 1 is 1.08 bits per heavy atom. The Hall–Kier alpha value is 0.866. The van der Waals surface area contributed by atoms with Crippen LogP contribution in [0.25, 0.3) is 0 Å². The van der Waals surface area contributed by atoms with Gasteiger partial charge in [-0.1, -0.05) is 0 Å². The molecule has 9 N–H and O–H groups in total. The molecular weight excluding hydrogens is 224 g/mol. The maximum atomic E-state index is 8.88. The molecule has 0 spiro atoms. The molecule has 0 bridgehead atoms. The predicted molar refractivity (Wildman–Crippen MR) is 34.7 cm³/mol. The minimum Gasteiger partial charge on any atom is -0.356 e. The van der Waals surface area contributed by atoms with Gasteiger partial charge in [-0.25, -0.2) is 4.57 Å². The minimum absolute atomic E-state index is 0. The van der Waals surface area contributed by atoms with Crippen molar-refractivity contribution in [3.05, 3.63) is 15.3 Å². The van der Waals surface area contributed by atoms with Crippen LogP contribution in [-0.2, 0) is 4.57 Å². The van der Waals surface area contributed by atoms with Gasteiger partial charge in [0.05, 0.1) is 5.09 Å². The molecule has 0 amide bonds. The molecule has 0 atom stereocenters. The molecule has 72 valence electrons. The van der Waals surface area contributed by atoms with Gasteiger partial charge < -0.3 is 42.3 Å². The second-order valence-electron chi connectivity index (χ2n) is 0.737. The van der Waals surface area contributed by atoms with E-state index in [1.165, 1.54) is 0 Å². The van der Waals surface area contributed by atoms with Crippen LogP contribution >= 0.6 is 7.82 Å². The van der Waals surface area contributed by atoms with Crippen LogP contribution in [0.4, 0.5) is 0 Å². The Kier molecular flexibility index (Phi) is 35.1. The van der Waals surface area contributed by atoms with Crippen LogP contribution in [0.5, 0.6) is 0 Å². The average molecular weight is 233 g/mol. The first-order valence-electron chi connectivity index (χ1n) is 1.33. The van der Waals surface area contributed by atoms with Crippen molar-refractivity contribution < 1.29 is 75.7 Å². The van der Waals surface area contributed by atoms with Crippen LogP contribution in [0, 0.1) is 15.3 Å². The summed E-state index contributed by atoms with van der Waals surface area (Å²) in [6, 6.07) is 0. The molecule has 0 aromatic heterocycles. The third-order valence-electron chi connectivity index (χ3n) is 0. The van der Waals surface area contributed by atoms with Gasteiger partial charge in [-0.15, -0.1) is 0 Å². The summed E-state index contributed by atoms with van der Waals surface area (Å²) in [4.78, 5) is 29.8. The van der Waals surface area contributed by atoms with E-state index < -0.39 is 12.9 Å². The first kappa shape index (κ1) is 29.3. The molecule has 0 fully saturated rings. The molecule has 0 aliphatic rings. The molecule has 12 heteroatoms. The van der Waals surface area contributed by atoms with Crippen molar-refractivity contribution in [1.82, 2.24) is 12.3 Å². The van der Waals surface area contributed by atoms with E-state index in [2.05, 4.69) is 0 Å². The van der Waals surface area contributed by atoms with Crippen molar-refractivity contribution in [3.8, 4) is 0 Å². The molecule has 0 aromatic rings. The van der Waals surface area contributed by atoms with E-state index in [0.717, 1.165) is 0 Å². The molecule has 0 aliphatic carbocycles. The van der Waals surface area contributed by atoms with E-state index >= 15 is 0 Å². The van der Waals surface area contributed by atoms with E-state index in [1.54, 1.807) is 0 Å². The number of phosphoric acid groups is 1. The van der Waals surface area contributed by atoms with Gasteiger partial charge in [0.1, 0.15) is 0 Å². The second kappa shape index (κ2) is 14.4. The summed E-state index contributed by atoms with van der Waals surface area (Å²) >= 11 is 0. The molecule has 0 heterocycles. The van der Waals surface area contributed by atoms with E-state index in [-0.39, 0.29) is 63.7 Å². The largest absolute Gasteiger partial charge is 1.00 e. The summed E-state index contributed by atoms with van der Waals surface area (Å²) in [5.74, 6) is 0. The molecule has 0 rings (SSSR count). The van der Waals surface area contributed by atoms with Crippen molar-refractivity contribution in [2.45, 2.75) is 0 Å². The van der Waals surface area contributed by atoms with Gasteiger partial charge in [-0.05, 0) is 0 Å². The van der Waals surface area contributed by atoms with E-state index in [0.29, 0.717) is 0 Å². The SMILES string of the molecule is N.N.O=P(O)(O)O.O=[N+]([O-])[O-].[K+]. The zero-order chi connectivity index (χ0) is 8.08. The molecule has 0 aromatic carbocycles. The Labute approximate surface area is 110 Å². The van der Waals surface area contributed by atoms with Crippen molar-refractivity contribution in [3.63, 3.8) is 0 Å². The molecule has 0 aliphatic heterocycles. The predicted octanol–water partition coefficient (Wildman–Crippen LogP) is -3.84. The average Bonchev–Trinajstić information content (AvgIpc) is 1.19. The maximum Gasteiger partial charge on any atom is 1.00 e. The number of hydrogen-bond acceptors (Lipinski definition) is 6. The zero-order valence-corrected chi connectivity index (χ0v) is 10.3. The minimum atomic E-state index is -4.64. The third kappa shape index (κ3) is 1410. The smallest absolute Gasteiger partial charge is 0.356 e. The fourth-order valence-corrected chi connectivity index (χ4v) is 0. The summed E-state index contributed by atoms with van der Waals surface area (Å²) in [7, 11) is -4.64. The summed E-state index contributed by atoms with van der Waals surface area (Å²) < 4.78 is 8.88. The molecule has 0 saturated carbocycles. The van der Waals surface area contributed by atoms with Crippen LogP contribution in [0.1, 0.15) is 0 Å². The van der Waals surface area contributed by atoms with Gasteiger partial charge in [0, 0.05) is 0 Å². The fraction of sp³-hybridized carbons (Fsp3) is 0. The monoisotopic (exact) mass is 233 g/mol. The Balaban J connectivity index is -0.0000000221. The number of nitrogens with zero attached hydrogens (tertiary/aromatic N) is 1.